The molecule has 5 nitrogen and oxygen atoms in total. The Bertz CT molecular complexity index is 751. The topological polar surface area (TPSA) is 91.7 Å². The van der Waals surface area contributed by atoms with E-state index in [1.54, 1.807) is 0 Å². The van der Waals surface area contributed by atoms with Gasteiger partial charge in [0.15, 0.2) is 5.78 Å². The van der Waals surface area contributed by atoms with Crippen molar-refractivity contribution in [2.45, 2.75) is 0 Å². The van der Waals surface area contributed by atoms with E-state index in [0.29, 0.717) is 0 Å². The highest BCUT2D eigenvalue weighted by molar-refractivity contribution is 6.11. The SMILES string of the molecule is O=C(c1ccc(C(=O)O)c(C(=O)O)c1)c1ccccc1F. The maximum Gasteiger partial charge on any atom is 0.336 e. The van der Waals surface area contributed by atoms with Crippen LogP contribution in [-0.2, 0) is 0 Å². The first-order chi connectivity index (χ1) is 9.91. The summed E-state index contributed by atoms with van der Waals surface area (Å²) in [6.45, 7) is 0. The molecule has 0 saturated carbocycles. The number of hydrogen-bond acceptors (Lipinski definition) is 3. The Labute approximate surface area is 118 Å². The zero-order valence-corrected chi connectivity index (χ0v) is 10.5. The Morgan fingerprint density at radius 3 is 2.00 bits per heavy atom. The van der Waals surface area contributed by atoms with Crippen molar-refractivity contribution in [3.8, 4) is 0 Å². The molecule has 0 saturated heterocycles. The molecule has 106 valence electrons. The van der Waals surface area contributed by atoms with Crippen LogP contribution in [-0.4, -0.2) is 27.9 Å². The standard InChI is InChI=1S/C15H9FO5/c16-12-4-2-1-3-10(12)13(17)8-5-6-9(14(18)19)11(7-8)15(20)21/h1-7H,(H,18,19)(H,20,21). The number of ketones is 1. The van der Waals surface area contributed by atoms with Crippen molar-refractivity contribution >= 4 is 17.7 Å². The van der Waals surface area contributed by atoms with E-state index in [9.17, 15) is 18.8 Å². The van der Waals surface area contributed by atoms with E-state index in [0.717, 1.165) is 24.3 Å². The van der Waals surface area contributed by atoms with Crippen LogP contribution in [0.3, 0.4) is 0 Å². The van der Waals surface area contributed by atoms with Gasteiger partial charge in [0.2, 0.25) is 0 Å². The van der Waals surface area contributed by atoms with E-state index in [-0.39, 0.29) is 11.1 Å². The van der Waals surface area contributed by atoms with E-state index >= 15 is 0 Å². The lowest BCUT2D eigenvalue weighted by Gasteiger charge is -2.06. The third kappa shape index (κ3) is 2.79. The Balaban J connectivity index is 2.53. The summed E-state index contributed by atoms with van der Waals surface area (Å²) in [4.78, 5) is 34.1. The molecule has 0 unspecified atom stereocenters. The van der Waals surface area contributed by atoms with Gasteiger partial charge in [-0.1, -0.05) is 18.2 Å². The molecule has 0 bridgehead atoms. The lowest BCUT2D eigenvalue weighted by atomic mass is 9.98. The maximum absolute atomic E-state index is 13.6. The van der Waals surface area contributed by atoms with E-state index in [2.05, 4.69) is 0 Å². The van der Waals surface area contributed by atoms with Gasteiger partial charge in [-0.3, -0.25) is 4.79 Å². The fourth-order valence-corrected chi connectivity index (χ4v) is 1.85. The van der Waals surface area contributed by atoms with E-state index in [1.165, 1.54) is 18.2 Å². The average Bonchev–Trinajstić information content (AvgIpc) is 2.46. The summed E-state index contributed by atoms with van der Waals surface area (Å²) in [7, 11) is 0. The second-order valence-corrected chi connectivity index (χ2v) is 4.18. The number of rotatable bonds is 4. The summed E-state index contributed by atoms with van der Waals surface area (Å²) < 4.78 is 13.6. The van der Waals surface area contributed by atoms with Gasteiger partial charge in [0, 0.05) is 5.56 Å². The number of carboxylic acids is 2. The van der Waals surface area contributed by atoms with Crippen LogP contribution < -0.4 is 0 Å². The van der Waals surface area contributed by atoms with Crippen molar-refractivity contribution in [3.05, 3.63) is 70.5 Å². The summed E-state index contributed by atoms with van der Waals surface area (Å²) in [5.41, 5.74) is -1.27. The molecule has 0 radical (unpaired) electrons. The van der Waals surface area contributed by atoms with Gasteiger partial charge in [-0.15, -0.1) is 0 Å². The number of carbonyl (C=O) groups is 3. The van der Waals surface area contributed by atoms with Crippen molar-refractivity contribution in [2.24, 2.45) is 0 Å². The zero-order valence-electron chi connectivity index (χ0n) is 10.5. The van der Waals surface area contributed by atoms with E-state index in [1.807, 2.05) is 0 Å². The fourth-order valence-electron chi connectivity index (χ4n) is 1.85. The smallest absolute Gasteiger partial charge is 0.336 e. The zero-order chi connectivity index (χ0) is 15.6. The third-order valence-corrected chi connectivity index (χ3v) is 2.86. The van der Waals surface area contributed by atoms with Crippen molar-refractivity contribution in [1.29, 1.82) is 0 Å². The molecule has 0 aliphatic heterocycles. The third-order valence-electron chi connectivity index (χ3n) is 2.86. The molecule has 2 rings (SSSR count). The predicted molar refractivity (Wildman–Crippen MR) is 70.2 cm³/mol. The number of hydrogen-bond donors (Lipinski definition) is 2. The monoisotopic (exact) mass is 288 g/mol. The summed E-state index contributed by atoms with van der Waals surface area (Å²) in [6.07, 6.45) is 0. The Kier molecular flexibility index (Phi) is 3.80. The van der Waals surface area contributed by atoms with Crippen molar-refractivity contribution in [2.75, 3.05) is 0 Å². The summed E-state index contributed by atoms with van der Waals surface area (Å²) >= 11 is 0. The quantitative estimate of drug-likeness (QED) is 0.843. The molecule has 2 aromatic carbocycles. The highest BCUT2D eigenvalue weighted by Gasteiger charge is 2.20. The van der Waals surface area contributed by atoms with Crippen LogP contribution in [0.1, 0.15) is 36.6 Å². The summed E-state index contributed by atoms with van der Waals surface area (Å²) in [5.74, 6) is -4.35. The highest BCUT2D eigenvalue weighted by atomic mass is 19.1. The second-order valence-electron chi connectivity index (χ2n) is 4.18. The van der Waals surface area contributed by atoms with Crippen molar-refractivity contribution in [1.82, 2.24) is 0 Å². The number of benzene rings is 2. The molecule has 6 heteroatoms. The maximum atomic E-state index is 13.6. The molecule has 0 fully saturated rings. The predicted octanol–water partition coefficient (Wildman–Crippen LogP) is 2.45. The van der Waals surface area contributed by atoms with Crippen LogP contribution in [0.2, 0.25) is 0 Å². The number of halogens is 1. The Hall–Kier alpha value is -3.02. The van der Waals surface area contributed by atoms with Gasteiger partial charge < -0.3 is 10.2 Å². The Morgan fingerprint density at radius 2 is 1.43 bits per heavy atom. The fraction of sp³-hybridized carbons (Fsp3) is 0. The molecule has 21 heavy (non-hydrogen) atoms. The van der Waals surface area contributed by atoms with Crippen LogP contribution >= 0.6 is 0 Å². The normalized spacial score (nSPS) is 10.1. The van der Waals surface area contributed by atoms with Crippen LogP contribution in [0.15, 0.2) is 42.5 Å². The summed E-state index contributed by atoms with van der Waals surface area (Å²) in [5, 5.41) is 17.9. The Morgan fingerprint density at radius 1 is 0.810 bits per heavy atom. The van der Waals surface area contributed by atoms with Crippen LogP contribution in [0.4, 0.5) is 4.39 Å². The first-order valence-corrected chi connectivity index (χ1v) is 5.81. The summed E-state index contributed by atoms with van der Waals surface area (Å²) in [6, 6.07) is 8.37. The highest BCUT2D eigenvalue weighted by Crippen LogP contribution is 2.17. The van der Waals surface area contributed by atoms with Crippen LogP contribution in [0.5, 0.6) is 0 Å². The molecule has 0 aliphatic carbocycles. The molecule has 0 aliphatic rings. The molecule has 2 aromatic rings. The van der Waals surface area contributed by atoms with Gasteiger partial charge in [-0.25, -0.2) is 14.0 Å². The van der Waals surface area contributed by atoms with Gasteiger partial charge in [-0.05, 0) is 24.3 Å². The van der Waals surface area contributed by atoms with Crippen molar-refractivity contribution < 1.29 is 29.0 Å². The van der Waals surface area contributed by atoms with Gasteiger partial charge in [0.05, 0.1) is 16.7 Å². The number of aromatic carboxylic acids is 2. The van der Waals surface area contributed by atoms with Gasteiger partial charge >= 0.3 is 11.9 Å². The average molecular weight is 288 g/mol. The number of carbonyl (C=O) groups excluding carboxylic acids is 1. The molecule has 2 N–H and O–H groups in total. The number of carboxylic acid groups (broad SMARTS) is 2. The van der Waals surface area contributed by atoms with Gasteiger partial charge in [0.25, 0.3) is 0 Å². The molecule has 0 amide bonds. The first kappa shape index (κ1) is 14.4. The lowest BCUT2D eigenvalue weighted by molar-refractivity contribution is 0.0651. The van der Waals surface area contributed by atoms with Crippen LogP contribution in [0, 0.1) is 5.82 Å². The van der Waals surface area contributed by atoms with Gasteiger partial charge in [-0.2, -0.15) is 0 Å². The van der Waals surface area contributed by atoms with Gasteiger partial charge in [0.1, 0.15) is 5.82 Å². The largest absolute Gasteiger partial charge is 0.478 e. The molecule has 0 atom stereocenters. The first-order valence-electron chi connectivity index (χ1n) is 5.81. The minimum atomic E-state index is -1.48. The molecular formula is C15H9FO5. The molecule has 0 aromatic heterocycles. The molecular weight excluding hydrogens is 279 g/mol. The lowest BCUT2D eigenvalue weighted by Crippen LogP contribution is -2.11. The van der Waals surface area contributed by atoms with E-state index < -0.39 is 34.7 Å². The minimum Gasteiger partial charge on any atom is -0.478 e. The molecule has 0 spiro atoms. The second kappa shape index (κ2) is 5.54. The minimum absolute atomic E-state index is 0.0949. The van der Waals surface area contributed by atoms with Crippen molar-refractivity contribution in [3.63, 3.8) is 0 Å². The van der Waals surface area contributed by atoms with Crippen LogP contribution in [0.25, 0.3) is 0 Å². The molecule has 0 heterocycles. The van der Waals surface area contributed by atoms with E-state index in [4.69, 9.17) is 10.2 Å².